The average Bonchev–Trinajstić information content (AvgIpc) is 2.77. The van der Waals surface area contributed by atoms with Crippen LogP contribution in [0.2, 0.25) is 10.6 Å². The molecule has 0 unspecified atom stereocenters. The topological polar surface area (TPSA) is 58.2 Å². The van der Waals surface area contributed by atoms with Crippen molar-refractivity contribution in [2.24, 2.45) is 0 Å². The summed E-state index contributed by atoms with van der Waals surface area (Å²) in [5, 5.41) is 8.48. The van der Waals surface area contributed by atoms with Crippen molar-refractivity contribution in [2.75, 3.05) is 13.1 Å². The van der Waals surface area contributed by atoms with Gasteiger partial charge in [0.15, 0.2) is 0 Å². The molecule has 3 rings (SSSR count). The Kier molecular flexibility index (Phi) is 9.46. The van der Waals surface area contributed by atoms with Gasteiger partial charge in [0, 0.05) is 0 Å². The second-order valence-corrected chi connectivity index (χ2v) is 11.6. The molecule has 0 fully saturated rings. The Morgan fingerprint density at radius 3 is 1.40 bits per heavy atom. The molecule has 0 saturated carbocycles. The van der Waals surface area contributed by atoms with Crippen LogP contribution < -0.4 is 19.6 Å². The Morgan fingerprint density at radius 1 is 0.600 bits per heavy atom. The van der Waals surface area contributed by atoms with Gasteiger partial charge in [0.1, 0.15) is 0 Å². The number of rotatable bonds is 12. The molecular weight excluding hydrogens is 506 g/mol. The van der Waals surface area contributed by atoms with E-state index in [-0.39, 0.29) is 11.6 Å². The molecular formula is C24H26N2O2Se2. The van der Waals surface area contributed by atoms with Crippen LogP contribution in [0.15, 0.2) is 84.2 Å². The number of ketones is 2. The van der Waals surface area contributed by atoms with E-state index in [1.54, 1.807) is 0 Å². The third-order valence-electron chi connectivity index (χ3n) is 4.38. The van der Waals surface area contributed by atoms with Crippen molar-refractivity contribution in [1.29, 1.82) is 0 Å². The van der Waals surface area contributed by atoms with Crippen molar-refractivity contribution in [3.8, 4) is 0 Å². The molecule has 2 aromatic rings. The fourth-order valence-corrected chi connectivity index (χ4v) is 6.51. The van der Waals surface area contributed by atoms with E-state index in [4.69, 9.17) is 0 Å². The molecule has 0 atom stereocenters. The van der Waals surface area contributed by atoms with Gasteiger partial charge in [0.05, 0.1) is 0 Å². The zero-order chi connectivity index (χ0) is 21.0. The van der Waals surface area contributed by atoms with Gasteiger partial charge >= 0.3 is 191 Å². The summed E-state index contributed by atoms with van der Waals surface area (Å²) in [6.07, 6.45) is 4.82. The van der Waals surface area contributed by atoms with E-state index in [1.807, 2.05) is 12.1 Å². The Labute approximate surface area is 190 Å². The van der Waals surface area contributed by atoms with Crippen LogP contribution in [-0.2, 0) is 9.59 Å². The second-order valence-electron chi connectivity index (χ2n) is 6.73. The first kappa shape index (κ1) is 22.6. The van der Waals surface area contributed by atoms with Crippen LogP contribution in [0.3, 0.4) is 0 Å². The first-order chi connectivity index (χ1) is 14.7. The molecule has 1 aliphatic carbocycles. The first-order valence-electron chi connectivity index (χ1n) is 10.1. The molecule has 6 heteroatoms. The van der Waals surface area contributed by atoms with E-state index >= 15 is 0 Å². The summed E-state index contributed by atoms with van der Waals surface area (Å²) in [5.74, 6) is -0.252. The summed E-state index contributed by atoms with van der Waals surface area (Å²) in [7, 11) is 0. The molecule has 156 valence electrons. The molecule has 0 saturated heterocycles. The van der Waals surface area contributed by atoms with Crippen LogP contribution in [0.25, 0.3) is 0 Å². The fourth-order valence-electron chi connectivity index (χ4n) is 2.84. The SMILES string of the molecule is O=C1C=C(NCCC[Se]c2ccccc2)C(=O)C=C1NCCC[Se]c1ccccc1. The molecule has 30 heavy (non-hydrogen) atoms. The molecule has 0 bridgehead atoms. The maximum absolute atomic E-state index is 12.3. The Bertz CT molecular complexity index is 820. The van der Waals surface area contributed by atoms with Crippen LogP contribution in [0, 0.1) is 0 Å². The summed E-state index contributed by atoms with van der Waals surface area (Å²) < 4.78 is 2.77. The predicted octanol–water partition coefficient (Wildman–Crippen LogP) is 1.76. The van der Waals surface area contributed by atoms with E-state index in [0.29, 0.717) is 54.4 Å². The van der Waals surface area contributed by atoms with Crippen LogP contribution in [0.4, 0.5) is 0 Å². The van der Waals surface area contributed by atoms with Gasteiger partial charge in [0.25, 0.3) is 0 Å². The number of allylic oxidation sites excluding steroid dienone is 2. The van der Waals surface area contributed by atoms with Crippen LogP contribution in [0.1, 0.15) is 12.8 Å². The van der Waals surface area contributed by atoms with Gasteiger partial charge < -0.3 is 0 Å². The zero-order valence-electron chi connectivity index (χ0n) is 16.8. The molecule has 0 amide bonds. The molecule has 0 heterocycles. The molecule has 2 aromatic carbocycles. The standard InChI is InChI=1S/C24H26N2O2Se2/c27-23-18-22(26-14-8-16-30-20-11-5-2-6-12-20)24(28)17-21(23)25-13-7-15-29-19-9-3-1-4-10-19/h1-6,9-12,17-18,25-26H,7-8,13-16H2. The minimum absolute atomic E-state index is 0.126. The van der Waals surface area contributed by atoms with Crippen molar-refractivity contribution in [2.45, 2.75) is 23.5 Å². The van der Waals surface area contributed by atoms with Crippen molar-refractivity contribution < 1.29 is 9.59 Å². The van der Waals surface area contributed by atoms with Crippen molar-refractivity contribution in [3.05, 3.63) is 84.2 Å². The number of hydrogen-bond acceptors (Lipinski definition) is 4. The van der Waals surface area contributed by atoms with E-state index in [2.05, 4.69) is 59.2 Å². The second kappa shape index (κ2) is 12.6. The number of carbonyl (C=O) groups is 2. The zero-order valence-corrected chi connectivity index (χ0v) is 20.2. The Hall–Kier alpha value is -2.10. The van der Waals surface area contributed by atoms with Crippen LogP contribution in [0.5, 0.6) is 0 Å². The fraction of sp³-hybridized carbons (Fsp3) is 0.250. The van der Waals surface area contributed by atoms with E-state index in [0.717, 1.165) is 23.5 Å². The number of carbonyl (C=O) groups excluding carboxylic acids is 2. The summed E-state index contributed by atoms with van der Waals surface area (Å²) in [6, 6.07) is 20.9. The molecule has 0 radical (unpaired) electrons. The Balaban J connectivity index is 1.32. The number of hydrogen-bond donors (Lipinski definition) is 2. The van der Waals surface area contributed by atoms with Crippen LogP contribution in [-0.4, -0.2) is 54.6 Å². The normalized spacial score (nSPS) is 13.6. The summed E-state index contributed by atoms with van der Waals surface area (Å²) in [5.41, 5.74) is 0.815. The van der Waals surface area contributed by atoms with Crippen molar-refractivity contribution in [1.82, 2.24) is 10.6 Å². The Morgan fingerprint density at radius 2 is 1.00 bits per heavy atom. The molecule has 2 N–H and O–H groups in total. The summed E-state index contributed by atoms with van der Waals surface area (Å²) >= 11 is 0.894. The third-order valence-corrected chi connectivity index (χ3v) is 8.99. The minimum atomic E-state index is -0.126. The van der Waals surface area contributed by atoms with Gasteiger partial charge in [-0.15, -0.1) is 0 Å². The summed E-state index contributed by atoms with van der Waals surface area (Å²) in [4.78, 5) is 24.6. The van der Waals surface area contributed by atoms with Gasteiger partial charge in [-0.2, -0.15) is 0 Å². The molecule has 4 nitrogen and oxygen atoms in total. The van der Waals surface area contributed by atoms with Gasteiger partial charge in [-0.1, -0.05) is 0 Å². The monoisotopic (exact) mass is 534 g/mol. The van der Waals surface area contributed by atoms with E-state index in [9.17, 15) is 9.59 Å². The van der Waals surface area contributed by atoms with Gasteiger partial charge in [-0.25, -0.2) is 0 Å². The molecule has 0 aromatic heterocycles. The van der Waals surface area contributed by atoms with E-state index < -0.39 is 0 Å². The van der Waals surface area contributed by atoms with Gasteiger partial charge in [-0.05, 0) is 0 Å². The molecule has 0 aliphatic heterocycles. The summed E-state index contributed by atoms with van der Waals surface area (Å²) in [6.45, 7) is 1.41. The predicted molar refractivity (Wildman–Crippen MR) is 125 cm³/mol. The quantitative estimate of drug-likeness (QED) is 0.249. The third kappa shape index (κ3) is 7.62. The first-order valence-corrected chi connectivity index (χ1v) is 14.2. The number of benzene rings is 2. The maximum atomic E-state index is 12.3. The van der Waals surface area contributed by atoms with Gasteiger partial charge in [0.2, 0.25) is 0 Å². The molecule has 1 aliphatic rings. The average molecular weight is 532 g/mol. The van der Waals surface area contributed by atoms with Crippen LogP contribution >= 0.6 is 0 Å². The van der Waals surface area contributed by atoms with E-state index in [1.165, 1.54) is 21.1 Å². The van der Waals surface area contributed by atoms with Crippen molar-refractivity contribution >= 4 is 50.4 Å². The number of nitrogens with one attached hydrogen (secondary N) is 2. The van der Waals surface area contributed by atoms with Gasteiger partial charge in [-0.3, -0.25) is 0 Å². The molecule has 0 spiro atoms. The van der Waals surface area contributed by atoms with Crippen molar-refractivity contribution in [3.63, 3.8) is 0 Å².